The molecule has 4 rings (SSSR count). The van der Waals surface area contributed by atoms with Crippen LogP contribution in [-0.2, 0) is 17.9 Å². The summed E-state index contributed by atoms with van der Waals surface area (Å²) in [5.41, 5.74) is 4.22. The number of benzene rings is 3. The summed E-state index contributed by atoms with van der Waals surface area (Å²) >= 11 is 3.48. The van der Waals surface area contributed by atoms with Crippen molar-refractivity contribution in [2.24, 2.45) is 0 Å². The molecule has 4 heteroatoms. The van der Waals surface area contributed by atoms with Crippen molar-refractivity contribution in [2.45, 2.75) is 19.1 Å². The molecule has 1 aliphatic rings. The van der Waals surface area contributed by atoms with Gasteiger partial charge in [0.2, 0.25) is 5.91 Å². The number of hydrogen-bond acceptors (Lipinski definition) is 2. The Labute approximate surface area is 161 Å². The standard InChI is InChI=1S/C22H19BrN2O/c23-19-12-10-17(11-13-19)21-22(26)24-20-9-5-4-8-18(20)15-25(21)14-16-6-2-1-3-7-16/h1-13,21H,14-15H2,(H,24,26). The highest BCUT2D eigenvalue weighted by molar-refractivity contribution is 9.10. The lowest BCUT2D eigenvalue weighted by atomic mass is 10.0. The van der Waals surface area contributed by atoms with Crippen LogP contribution in [0, 0.1) is 0 Å². The second-order valence-electron chi connectivity index (χ2n) is 6.49. The summed E-state index contributed by atoms with van der Waals surface area (Å²) in [4.78, 5) is 15.3. The number of halogens is 1. The predicted octanol–water partition coefficient (Wildman–Crippen LogP) is 5.14. The maximum atomic E-state index is 13.1. The first-order valence-corrected chi connectivity index (χ1v) is 9.42. The maximum absolute atomic E-state index is 13.1. The van der Waals surface area contributed by atoms with E-state index in [1.165, 1.54) is 5.56 Å². The SMILES string of the molecule is O=C1Nc2ccccc2CN(Cc2ccccc2)C1c1ccc(Br)cc1. The highest BCUT2D eigenvalue weighted by Crippen LogP contribution is 2.32. The number of anilines is 1. The molecule has 0 bridgehead atoms. The van der Waals surface area contributed by atoms with Crippen LogP contribution >= 0.6 is 15.9 Å². The third-order valence-electron chi connectivity index (χ3n) is 4.68. The van der Waals surface area contributed by atoms with E-state index in [2.05, 4.69) is 44.3 Å². The molecule has 3 aromatic carbocycles. The van der Waals surface area contributed by atoms with Gasteiger partial charge in [0, 0.05) is 23.2 Å². The number of rotatable bonds is 3. The highest BCUT2D eigenvalue weighted by Gasteiger charge is 2.31. The van der Waals surface area contributed by atoms with Crippen LogP contribution in [0.4, 0.5) is 5.69 Å². The largest absolute Gasteiger partial charge is 0.324 e. The Morgan fingerprint density at radius 3 is 2.38 bits per heavy atom. The Bertz CT molecular complexity index is 909. The van der Waals surface area contributed by atoms with Crippen LogP contribution in [0.5, 0.6) is 0 Å². The number of carbonyl (C=O) groups is 1. The molecule has 1 heterocycles. The predicted molar refractivity (Wildman–Crippen MR) is 108 cm³/mol. The molecule has 0 aromatic heterocycles. The number of nitrogens with one attached hydrogen (secondary N) is 1. The molecule has 1 atom stereocenters. The fourth-order valence-corrected chi connectivity index (χ4v) is 3.69. The van der Waals surface area contributed by atoms with E-state index in [4.69, 9.17) is 0 Å². The molecule has 26 heavy (non-hydrogen) atoms. The van der Waals surface area contributed by atoms with Crippen LogP contribution < -0.4 is 5.32 Å². The molecule has 3 aromatic rings. The number of para-hydroxylation sites is 1. The van der Waals surface area contributed by atoms with Crippen molar-refractivity contribution in [3.63, 3.8) is 0 Å². The van der Waals surface area contributed by atoms with Crippen LogP contribution in [0.3, 0.4) is 0 Å². The monoisotopic (exact) mass is 406 g/mol. The molecule has 0 spiro atoms. The minimum atomic E-state index is -0.337. The number of carbonyl (C=O) groups excluding carboxylic acids is 1. The Morgan fingerprint density at radius 1 is 0.923 bits per heavy atom. The maximum Gasteiger partial charge on any atom is 0.246 e. The van der Waals surface area contributed by atoms with Crippen LogP contribution in [0.15, 0.2) is 83.3 Å². The van der Waals surface area contributed by atoms with Gasteiger partial charge in [-0.25, -0.2) is 0 Å². The lowest BCUT2D eigenvalue weighted by Crippen LogP contribution is -2.34. The third kappa shape index (κ3) is 3.57. The molecule has 1 N–H and O–H groups in total. The normalized spacial score (nSPS) is 17.3. The van der Waals surface area contributed by atoms with Gasteiger partial charge in [-0.2, -0.15) is 0 Å². The molecule has 0 aliphatic carbocycles. The Balaban J connectivity index is 1.75. The average Bonchev–Trinajstić information content (AvgIpc) is 2.79. The third-order valence-corrected chi connectivity index (χ3v) is 5.21. The molecule has 0 saturated heterocycles. The van der Waals surface area contributed by atoms with Gasteiger partial charge in [-0.1, -0.05) is 76.6 Å². The van der Waals surface area contributed by atoms with Gasteiger partial charge in [-0.15, -0.1) is 0 Å². The van der Waals surface area contributed by atoms with E-state index in [-0.39, 0.29) is 11.9 Å². The molecule has 3 nitrogen and oxygen atoms in total. The van der Waals surface area contributed by atoms with Crippen LogP contribution in [0.25, 0.3) is 0 Å². The van der Waals surface area contributed by atoms with Crippen molar-refractivity contribution in [1.82, 2.24) is 4.90 Å². The van der Waals surface area contributed by atoms with Gasteiger partial charge in [-0.05, 0) is 34.9 Å². The Morgan fingerprint density at radius 2 is 1.62 bits per heavy atom. The fraction of sp³-hybridized carbons (Fsp3) is 0.136. The van der Waals surface area contributed by atoms with Crippen LogP contribution in [-0.4, -0.2) is 10.8 Å². The van der Waals surface area contributed by atoms with E-state index in [1.807, 2.05) is 60.7 Å². The number of fused-ring (bicyclic) bond motifs is 1. The summed E-state index contributed by atoms with van der Waals surface area (Å²) in [5.74, 6) is 0.00760. The molecule has 130 valence electrons. The summed E-state index contributed by atoms with van der Waals surface area (Å²) in [6, 6.07) is 26.0. The zero-order valence-corrected chi connectivity index (χ0v) is 15.8. The molecule has 1 aliphatic heterocycles. The van der Waals surface area contributed by atoms with Crippen LogP contribution in [0.2, 0.25) is 0 Å². The van der Waals surface area contributed by atoms with E-state index in [0.29, 0.717) is 13.1 Å². The van der Waals surface area contributed by atoms with E-state index in [9.17, 15) is 4.79 Å². The Kier molecular flexibility index (Phi) is 4.87. The molecule has 0 radical (unpaired) electrons. The van der Waals surface area contributed by atoms with E-state index < -0.39 is 0 Å². The van der Waals surface area contributed by atoms with Crippen molar-refractivity contribution >= 4 is 27.5 Å². The zero-order chi connectivity index (χ0) is 17.9. The molecule has 1 amide bonds. The van der Waals surface area contributed by atoms with Crippen molar-refractivity contribution in [3.8, 4) is 0 Å². The smallest absolute Gasteiger partial charge is 0.246 e. The van der Waals surface area contributed by atoms with E-state index >= 15 is 0 Å². The fourth-order valence-electron chi connectivity index (χ4n) is 3.43. The topological polar surface area (TPSA) is 32.3 Å². The lowest BCUT2D eigenvalue weighted by Gasteiger charge is -2.29. The molecular weight excluding hydrogens is 388 g/mol. The molecule has 1 unspecified atom stereocenters. The lowest BCUT2D eigenvalue weighted by molar-refractivity contribution is -0.121. The first-order valence-electron chi connectivity index (χ1n) is 8.63. The van der Waals surface area contributed by atoms with E-state index in [1.54, 1.807) is 0 Å². The average molecular weight is 407 g/mol. The van der Waals surface area contributed by atoms with Crippen molar-refractivity contribution < 1.29 is 4.79 Å². The summed E-state index contributed by atoms with van der Waals surface area (Å²) < 4.78 is 1.01. The van der Waals surface area contributed by atoms with Gasteiger partial charge >= 0.3 is 0 Å². The summed E-state index contributed by atoms with van der Waals surface area (Å²) in [6.45, 7) is 1.42. The summed E-state index contributed by atoms with van der Waals surface area (Å²) in [6.07, 6.45) is 0. The number of hydrogen-bond donors (Lipinski definition) is 1. The van der Waals surface area contributed by atoms with Gasteiger partial charge in [0.05, 0.1) is 0 Å². The van der Waals surface area contributed by atoms with Crippen LogP contribution in [0.1, 0.15) is 22.7 Å². The summed E-state index contributed by atoms with van der Waals surface area (Å²) in [5, 5.41) is 3.11. The Hall–Kier alpha value is -2.43. The molecule has 0 saturated carbocycles. The van der Waals surface area contributed by atoms with Gasteiger partial charge < -0.3 is 5.32 Å². The number of nitrogens with zero attached hydrogens (tertiary/aromatic N) is 1. The van der Waals surface area contributed by atoms with Gasteiger partial charge in [0.1, 0.15) is 6.04 Å². The van der Waals surface area contributed by atoms with Gasteiger partial charge in [0.25, 0.3) is 0 Å². The highest BCUT2D eigenvalue weighted by atomic mass is 79.9. The van der Waals surface area contributed by atoms with Gasteiger partial charge in [0.15, 0.2) is 0 Å². The zero-order valence-electron chi connectivity index (χ0n) is 14.2. The second-order valence-corrected chi connectivity index (χ2v) is 7.41. The first kappa shape index (κ1) is 17.0. The first-order chi connectivity index (χ1) is 12.7. The van der Waals surface area contributed by atoms with Crippen molar-refractivity contribution in [2.75, 3.05) is 5.32 Å². The molecular formula is C22H19BrN2O. The second kappa shape index (κ2) is 7.44. The van der Waals surface area contributed by atoms with Gasteiger partial charge in [-0.3, -0.25) is 9.69 Å². The number of amides is 1. The quantitative estimate of drug-likeness (QED) is 0.652. The van der Waals surface area contributed by atoms with Crippen molar-refractivity contribution in [3.05, 3.63) is 100 Å². The van der Waals surface area contributed by atoms with E-state index in [0.717, 1.165) is 21.3 Å². The molecule has 0 fully saturated rings. The summed E-state index contributed by atoms with van der Waals surface area (Å²) in [7, 11) is 0. The minimum absolute atomic E-state index is 0.00760. The van der Waals surface area contributed by atoms with Crippen molar-refractivity contribution in [1.29, 1.82) is 0 Å². The minimum Gasteiger partial charge on any atom is -0.324 e.